The molecular formula is C5H6N2O3. The lowest BCUT2D eigenvalue weighted by Gasteiger charge is -1.80. The van der Waals surface area contributed by atoms with Gasteiger partial charge in [-0.05, 0) is 0 Å². The number of carbonyl (C=O) groups is 1. The van der Waals surface area contributed by atoms with E-state index in [1.807, 2.05) is 0 Å². The van der Waals surface area contributed by atoms with E-state index in [1.54, 1.807) is 0 Å². The molecule has 0 aliphatic heterocycles. The normalized spacial score (nSPS) is 9.20. The van der Waals surface area contributed by atoms with Crippen molar-refractivity contribution in [1.29, 1.82) is 0 Å². The lowest BCUT2D eigenvalue weighted by atomic mass is 10.6. The highest BCUT2D eigenvalue weighted by Gasteiger charge is 1.82. The first-order chi connectivity index (χ1) is 4.66. The predicted octanol–water partition coefficient (Wildman–Crippen LogP) is 1.07. The topological polar surface area (TPSA) is 82.2 Å². The molecule has 0 fully saturated rings. The molecule has 0 heterocycles. The molecule has 5 heteroatoms. The van der Waals surface area contributed by atoms with Crippen molar-refractivity contribution < 1.29 is 15.0 Å². The monoisotopic (exact) mass is 142 g/mol. The van der Waals surface area contributed by atoms with Crippen LogP contribution in [0.5, 0.6) is 0 Å². The van der Waals surface area contributed by atoms with Crippen molar-refractivity contribution in [3.05, 3.63) is 24.4 Å². The van der Waals surface area contributed by atoms with Crippen molar-refractivity contribution >= 4 is 6.29 Å². The maximum absolute atomic E-state index is 9.78. The van der Waals surface area contributed by atoms with Crippen LogP contribution in [-0.2, 0) is 4.79 Å². The number of azo groups is 1. The van der Waals surface area contributed by atoms with E-state index < -0.39 is 5.95 Å². The summed E-state index contributed by atoms with van der Waals surface area (Å²) in [7, 11) is 0. The Morgan fingerprint density at radius 1 is 1.50 bits per heavy atom. The summed E-state index contributed by atoms with van der Waals surface area (Å²) in [5, 5.41) is 22.4. The van der Waals surface area contributed by atoms with Crippen molar-refractivity contribution in [1.82, 2.24) is 0 Å². The Morgan fingerprint density at radius 2 is 2.10 bits per heavy atom. The Morgan fingerprint density at radius 3 is 2.50 bits per heavy atom. The zero-order chi connectivity index (χ0) is 7.98. The van der Waals surface area contributed by atoms with Crippen LogP contribution >= 0.6 is 0 Å². The van der Waals surface area contributed by atoms with E-state index in [9.17, 15) is 4.79 Å². The molecule has 2 N–H and O–H groups in total. The number of aliphatic hydroxyl groups excluding tert-OH is 1. The van der Waals surface area contributed by atoms with Gasteiger partial charge in [-0.3, -0.25) is 4.79 Å². The van der Waals surface area contributed by atoms with Gasteiger partial charge in [-0.15, -0.1) is 5.11 Å². The van der Waals surface area contributed by atoms with E-state index in [4.69, 9.17) is 10.2 Å². The molecule has 5 nitrogen and oxygen atoms in total. The van der Waals surface area contributed by atoms with Crippen molar-refractivity contribution in [2.75, 3.05) is 0 Å². The quantitative estimate of drug-likeness (QED) is 0.267. The summed E-state index contributed by atoms with van der Waals surface area (Å²) in [5.74, 6) is -0.970. The standard InChI is InChI=1S/C5H6N2O3/c1-4(3-8)7-6-2-5(9)10/h2-3,9-10H,1H2/b7-6+. The highest BCUT2D eigenvalue weighted by molar-refractivity contribution is 5.71. The summed E-state index contributed by atoms with van der Waals surface area (Å²) in [5.41, 5.74) is -0.0856. The average Bonchev–Trinajstić information content (AvgIpc) is 1.87. The Hall–Kier alpha value is -1.65. The fourth-order valence-corrected chi connectivity index (χ4v) is 0.178. The molecule has 0 spiro atoms. The molecule has 0 saturated carbocycles. The summed E-state index contributed by atoms with van der Waals surface area (Å²) < 4.78 is 0. The first-order valence-electron chi connectivity index (χ1n) is 2.30. The fraction of sp³-hybridized carbons (Fsp3) is 0. The van der Waals surface area contributed by atoms with Gasteiger partial charge in [-0.25, -0.2) is 0 Å². The number of aldehydes is 1. The van der Waals surface area contributed by atoms with Crippen molar-refractivity contribution in [3.8, 4) is 0 Å². The molecule has 0 aliphatic carbocycles. The van der Waals surface area contributed by atoms with Crippen LogP contribution in [0.25, 0.3) is 0 Å². The van der Waals surface area contributed by atoms with Gasteiger partial charge >= 0.3 is 0 Å². The number of allylic oxidation sites excluding steroid dienone is 1. The van der Waals surface area contributed by atoms with Gasteiger partial charge in [0.2, 0.25) is 0 Å². The SMILES string of the molecule is C=C(C=O)/N=N/C=C(O)O. The maximum atomic E-state index is 9.78. The molecule has 10 heavy (non-hydrogen) atoms. The first kappa shape index (κ1) is 8.35. The van der Waals surface area contributed by atoms with Gasteiger partial charge in [0.1, 0.15) is 11.9 Å². The van der Waals surface area contributed by atoms with Gasteiger partial charge in [0.15, 0.2) is 6.29 Å². The van der Waals surface area contributed by atoms with Gasteiger partial charge in [-0.2, -0.15) is 5.11 Å². The molecule has 0 aromatic rings. The molecule has 0 unspecified atom stereocenters. The first-order valence-corrected chi connectivity index (χ1v) is 2.30. The zero-order valence-corrected chi connectivity index (χ0v) is 5.06. The van der Waals surface area contributed by atoms with Crippen molar-refractivity contribution in [2.45, 2.75) is 0 Å². The summed E-state index contributed by atoms with van der Waals surface area (Å²) in [6.07, 6.45) is 1.07. The molecule has 0 aromatic heterocycles. The maximum Gasteiger partial charge on any atom is 0.295 e. The Balaban J connectivity index is 3.89. The van der Waals surface area contributed by atoms with Crippen LogP contribution < -0.4 is 0 Å². The molecule has 0 amide bonds. The Kier molecular flexibility index (Phi) is 3.55. The molecular weight excluding hydrogens is 136 g/mol. The number of nitrogens with zero attached hydrogens (tertiary/aromatic N) is 2. The smallest absolute Gasteiger partial charge is 0.295 e. The van der Waals surface area contributed by atoms with Crippen molar-refractivity contribution in [3.63, 3.8) is 0 Å². The number of aliphatic hydroxyl groups is 2. The largest absolute Gasteiger partial charge is 0.480 e. The molecule has 0 aliphatic rings. The molecule has 0 radical (unpaired) electrons. The number of hydrogen-bond acceptors (Lipinski definition) is 5. The zero-order valence-electron chi connectivity index (χ0n) is 5.06. The van der Waals surface area contributed by atoms with Crippen LogP contribution in [0.1, 0.15) is 0 Å². The lowest BCUT2D eigenvalue weighted by molar-refractivity contribution is -0.104. The van der Waals surface area contributed by atoms with Gasteiger partial charge in [0, 0.05) is 0 Å². The molecule has 0 atom stereocenters. The van der Waals surface area contributed by atoms with Crippen LogP contribution in [0.2, 0.25) is 0 Å². The predicted molar refractivity (Wildman–Crippen MR) is 33.4 cm³/mol. The highest BCUT2D eigenvalue weighted by atomic mass is 16.5. The van der Waals surface area contributed by atoms with Gasteiger partial charge in [0.25, 0.3) is 5.95 Å². The van der Waals surface area contributed by atoms with Crippen LogP contribution in [0, 0.1) is 0 Å². The van der Waals surface area contributed by atoms with Crippen LogP contribution in [-0.4, -0.2) is 16.5 Å². The summed E-state index contributed by atoms with van der Waals surface area (Å²) in [4.78, 5) is 9.78. The lowest BCUT2D eigenvalue weighted by Crippen LogP contribution is -1.74. The second-order valence-electron chi connectivity index (χ2n) is 1.31. The third kappa shape index (κ3) is 4.51. The molecule has 0 aromatic carbocycles. The summed E-state index contributed by atoms with van der Waals surface area (Å²) >= 11 is 0. The van der Waals surface area contributed by atoms with E-state index in [-0.39, 0.29) is 5.70 Å². The van der Waals surface area contributed by atoms with E-state index in [2.05, 4.69) is 16.8 Å². The number of hydrogen-bond donors (Lipinski definition) is 2. The summed E-state index contributed by atoms with van der Waals surface area (Å²) in [6.45, 7) is 3.15. The molecule has 0 rings (SSSR count). The molecule has 0 bridgehead atoms. The van der Waals surface area contributed by atoms with Gasteiger partial charge < -0.3 is 10.2 Å². The Labute approximate surface area is 57.0 Å². The van der Waals surface area contributed by atoms with E-state index in [0.717, 1.165) is 0 Å². The average molecular weight is 142 g/mol. The number of rotatable bonds is 3. The molecule has 0 saturated heterocycles. The van der Waals surface area contributed by atoms with E-state index >= 15 is 0 Å². The fourth-order valence-electron chi connectivity index (χ4n) is 0.178. The third-order valence-corrected chi connectivity index (χ3v) is 0.495. The number of carbonyl (C=O) groups excluding carboxylic acids is 1. The van der Waals surface area contributed by atoms with E-state index in [0.29, 0.717) is 12.5 Å². The van der Waals surface area contributed by atoms with Crippen LogP contribution in [0.15, 0.2) is 34.6 Å². The minimum Gasteiger partial charge on any atom is -0.480 e. The minimum atomic E-state index is -0.970. The van der Waals surface area contributed by atoms with Crippen LogP contribution in [0.4, 0.5) is 0 Å². The minimum absolute atomic E-state index is 0.0856. The Bertz CT molecular complexity index is 191. The van der Waals surface area contributed by atoms with Gasteiger partial charge in [0.05, 0.1) is 0 Å². The van der Waals surface area contributed by atoms with Crippen molar-refractivity contribution in [2.24, 2.45) is 10.2 Å². The summed E-state index contributed by atoms with van der Waals surface area (Å²) in [6, 6.07) is 0. The molecule has 54 valence electrons. The van der Waals surface area contributed by atoms with Crippen LogP contribution in [0.3, 0.4) is 0 Å². The third-order valence-electron chi connectivity index (χ3n) is 0.495. The van der Waals surface area contributed by atoms with Gasteiger partial charge in [-0.1, -0.05) is 6.58 Å². The highest BCUT2D eigenvalue weighted by Crippen LogP contribution is 1.89. The second kappa shape index (κ2) is 4.25. The van der Waals surface area contributed by atoms with E-state index in [1.165, 1.54) is 0 Å². The second-order valence-corrected chi connectivity index (χ2v) is 1.31.